The van der Waals surface area contributed by atoms with Crippen LogP contribution in [0.4, 0.5) is 0 Å². The van der Waals surface area contributed by atoms with Crippen LogP contribution in [0.1, 0.15) is 57.2 Å². The number of aromatic nitrogens is 2. The van der Waals surface area contributed by atoms with Crippen LogP contribution in [0.5, 0.6) is 0 Å². The second-order valence-corrected chi connectivity index (χ2v) is 12.5. The molecule has 0 atom stereocenters. The quantitative estimate of drug-likeness (QED) is 0.214. The number of nitrogens with zero attached hydrogens (tertiary/aromatic N) is 2. The number of benzene rings is 4. The SMILES string of the molecule is Cc1ccc2c(oc3c2ccc2ccc4c(c23)C(C)(C)CCC4(C)C)c1-c1n(C)c2ccccc2[n+]1C. The average Bonchev–Trinajstić information content (AvgIpc) is 3.37. The van der Waals surface area contributed by atoms with Gasteiger partial charge < -0.3 is 4.42 Å². The lowest BCUT2D eigenvalue weighted by Gasteiger charge is -2.42. The predicted molar refractivity (Wildman–Crippen MR) is 154 cm³/mol. The number of imidazole rings is 1. The molecule has 0 saturated heterocycles. The van der Waals surface area contributed by atoms with Crippen molar-refractivity contribution in [3.63, 3.8) is 0 Å². The maximum Gasteiger partial charge on any atom is 0.293 e. The van der Waals surface area contributed by atoms with Gasteiger partial charge in [-0.25, -0.2) is 9.13 Å². The molecular weight excluding hydrogens is 452 g/mol. The lowest BCUT2D eigenvalue weighted by molar-refractivity contribution is -0.634. The molecular formula is C34H35N2O+. The van der Waals surface area contributed by atoms with Crippen molar-refractivity contribution in [3.8, 4) is 11.4 Å². The van der Waals surface area contributed by atoms with Crippen molar-refractivity contribution in [1.82, 2.24) is 4.57 Å². The van der Waals surface area contributed by atoms with E-state index in [9.17, 15) is 0 Å². The van der Waals surface area contributed by atoms with Gasteiger partial charge in [-0.05, 0) is 70.9 Å². The molecule has 7 rings (SSSR count). The van der Waals surface area contributed by atoms with Gasteiger partial charge >= 0.3 is 0 Å². The number of hydrogen-bond acceptors (Lipinski definition) is 1. The minimum atomic E-state index is 0.0959. The highest BCUT2D eigenvalue weighted by Crippen LogP contribution is 2.51. The van der Waals surface area contributed by atoms with Crippen LogP contribution in [-0.4, -0.2) is 4.57 Å². The molecule has 6 aromatic rings. The summed E-state index contributed by atoms with van der Waals surface area (Å²) in [5.74, 6) is 1.16. The Labute approximate surface area is 218 Å². The second kappa shape index (κ2) is 7.25. The molecule has 4 aromatic carbocycles. The first-order valence-corrected chi connectivity index (χ1v) is 13.5. The molecule has 0 bridgehead atoms. The molecule has 3 nitrogen and oxygen atoms in total. The summed E-state index contributed by atoms with van der Waals surface area (Å²) >= 11 is 0. The number of rotatable bonds is 1. The van der Waals surface area contributed by atoms with Gasteiger partial charge in [0.25, 0.3) is 5.82 Å². The molecule has 0 aliphatic heterocycles. The fourth-order valence-corrected chi connectivity index (χ4v) is 7.05. The van der Waals surface area contributed by atoms with Crippen molar-refractivity contribution in [2.45, 2.75) is 58.3 Å². The number of para-hydroxylation sites is 2. The Balaban J connectivity index is 1.65. The third-order valence-electron chi connectivity index (χ3n) is 9.24. The van der Waals surface area contributed by atoms with Crippen molar-refractivity contribution < 1.29 is 8.98 Å². The smallest absolute Gasteiger partial charge is 0.293 e. The van der Waals surface area contributed by atoms with Crippen LogP contribution in [-0.2, 0) is 24.9 Å². The van der Waals surface area contributed by atoms with Crippen LogP contribution in [0.3, 0.4) is 0 Å². The Morgan fingerprint density at radius 2 is 1.49 bits per heavy atom. The first-order chi connectivity index (χ1) is 17.6. The van der Waals surface area contributed by atoms with E-state index in [-0.39, 0.29) is 10.8 Å². The monoisotopic (exact) mass is 487 g/mol. The summed E-state index contributed by atoms with van der Waals surface area (Å²) < 4.78 is 11.6. The van der Waals surface area contributed by atoms with Crippen LogP contribution in [0.2, 0.25) is 0 Å². The summed E-state index contributed by atoms with van der Waals surface area (Å²) in [5.41, 5.74) is 10.0. The lowest BCUT2D eigenvalue weighted by Crippen LogP contribution is -2.34. The van der Waals surface area contributed by atoms with Gasteiger partial charge in [-0.3, -0.25) is 0 Å². The van der Waals surface area contributed by atoms with Gasteiger partial charge in [0.1, 0.15) is 11.1 Å². The normalized spacial score (nSPS) is 16.7. The standard InChI is InChI=1S/C34H35N2O/c1-20-12-15-22-23-16-13-21-14-17-24-29(34(4,5)19-18-33(24,2)3)28(21)31(23)37-30(22)27(20)32-35(6)25-10-8-9-11-26(25)36(32)7/h8-17H,18-19H2,1-7H3/q+1. The van der Waals surface area contributed by atoms with E-state index >= 15 is 0 Å². The molecule has 0 fully saturated rings. The van der Waals surface area contributed by atoms with Crippen LogP contribution in [0.15, 0.2) is 65.1 Å². The number of hydrogen-bond donors (Lipinski definition) is 0. The zero-order valence-electron chi connectivity index (χ0n) is 23.0. The number of aryl methyl sites for hydroxylation is 3. The fourth-order valence-electron chi connectivity index (χ4n) is 7.05. The minimum absolute atomic E-state index is 0.0959. The third-order valence-corrected chi connectivity index (χ3v) is 9.24. The van der Waals surface area contributed by atoms with E-state index in [4.69, 9.17) is 4.42 Å². The Morgan fingerprint density at radius 1 is 0.811 bits per heavy atom. The minimum Gasteiger partial charge on any atom is -0.454 e. The van der Waals surface area contributed by atoms with E-state index in [1.165, 1.54) is 67.7 Å². The summed E-state index contributed by atoms with van der Waals surface area (Å²) in [6.07, 6.45) is 2.38. The maximum absolute atomic E-state index is 7.04. The Kier molecular flexibility index (Phi) is 4.43. The molecule has 0 N–H and O–H groups in total. The predicted octanol–water partition coefficient (Wildman–Crippen LogP) is 8.38. The van der Waals surface area contributed by atoms with Crippen molar-refractivity contribution >= 4 is 43.7 Å². The van der Waals surface area contributed by atoms with Crippen LogP contribution < -0.4 is 4.57 Å². The molecule has 1 aliphatic carbocycles. The lowest BCUT2D eigenvalue weighted by atomic mass is 9.62. The van der Waals surface area contributed by atoms with Crippen LogP contribution in [0, 0.1) is 6.92 Å². The van der Waals surface area contributed by atoms with Gasteiger partial charge in [0.15, 0.2) is 16.6 Å². The molecule has 0 unspecified atom stereocenters. The van der Waals surface area contributed by atoms with Gasteiger partial charge in [-0.2, -0.15) is 0 Å². The van der Waals surface area contributed by atoms with Crippen LogP contribution in [0.25, 0.3) is 55.1 Å². The molecule has 2 aromatic heterocycles. The highest BCUT2D eigenvalue weighted by Gasteiger charge is 2.39. The number of furan rings is 1. The van der Waals surface area contributed by atoms with E-state index < -0.39 is 0 Å². The zero-order valence-corrected chi connectivity index (χ0v) is 23.0. The first kappa shape index (κ1) is 22.6. The van der Waals surface area contributed by atoms with E-state index in [2.05, 4.69) is 119 Å². The van der Waals surface area contributed by atoms with Crippen molar-refractivity contribution in [1.29, 1.82) is 0 Å². The van der Waals surface area contributed by atoms with Gasteiger partial charge in [0.05, 0.1) is 14.1 Å². The van der Waals surface area contributed by atoms with E-state index in [1.54, 1.807) is 0 Å². The molecule has 0 amide bonds. The van der Waals surface area contributed by atoms with Crippen molar-refractivity contribution in [3.05, 3.63) is 77.4 Å². The van der Waals surface area contributed by atoms with Gasteiger partial charge in [0, 0.05) is 16.2 Å². The molecule has 1 aliphatic rings. The summed E-state index contributed by atoms with van der Waals surface area (Å²) in [4.78, 5) is 0. The Morgan fingerprint density at radius 3 is 2.27 bits per heavy atom. The summed E-state index contributed by atoms with van der Waals surface area (Å²) in [6.45, 7) is 11.8. The Bertz CT molecular complexity index is 1870. The molecule has 186 valence electrons. The summed E-state index contributed by atoms with van der Waals surface area (Å²) in [6, 6.07) is 22.3. The van der Waals surface area contributed by atoms with Gasteiger partial charge in [0.2, 0.25) is 0 Å². The topological polar surface area (TPSA) is 21.9 Å². The summed E-state index contributed by atoms with van der Waals surface area (Å²) in [5, 5.41) is 4.96. The largest absolute Gasteiger partial charge is 0.454 e. The van der Waals surface area contributed by atoms with Crippen molar-refractivity contribution in [2.24, 2.45) is 14.1 Å². The Hall–Kier alpha value is -3.59. The maximum atomic E-state index is 7.04. The number of fused-ring (bicyclic) bond motifs is 8. The molecule has 0 radical (unpaired) electrons. The van der Waals surface area contributed by atoms with E-state index in [0.29, 0.717) is 0 Å². The third kappa shape index (κ3) is 2.91. The summed E-state index contributed by atoms with van der Waals surface area (Å²) in [7, 11) is 4.32. The highest BCUT2D eigenvalue weighted by atomic mass is 16.3. The van der Waals surface area contributed by atoms with Crippen LogP contribution >= 0.6 is 0 Å². The van der Waals surface area contributed by atoms with Crippen molar-refractivity contribution in [2.75, 3.05) is 0 Å². The molecule has 2 heterocycles. The average molecular weight is 488 g/mol. The highest BCUT2D eigenvalue weighted by molar-refractivity contribution is 6.18. The molecule has 0 saturated carbocycles. The van der Waals surface area contributed by atoms with Gasteiger partial charge in [-0.1, -0.05) is 70.2 Å². The second-order valence-electron chi connectivity index (χ2n) is 12.5. The van der Waals surface area contributed by atoms with E-state index in [0.717, 1.165) is 17.0 Å². The van der Waals surface area contributed by atoms with Gasteiger partial charge in [-0.15, -0.1) is 0 Å². The first-order valence-electron chi connectivity index (χ1n) is 13.5. The fraction of sp³-hybridized carbons (Fsp3) is 0.324. The molecule has 37 heavy (non-hydrogen) atoms. The molecule has 3 heteroatoms. The molecule has 0 spiro atoms. The van der Waals surface area contributed by atoms with E-state index in [1.807, 2.05) is 0 Å². The zero-order chi connectivity index (χ0) is 25.9.